The summed E-state index contributed by atoms with van der Waals surface area (Å²) in [6.45, 7) is 6.46. The number of ether oxygens (including phenoxy) is 1. The van der Waals surface area contributed by atoms with Crippen molar-refractivity contribution in [1.82, 2.24) is 10.2 Å². The number of nitrogens with zero attached hydrogens (tertiary/aromatic N) is 2. The lowest BCUT2D eigenvalue weighted by atomic mass is 9.98. The summed E-state index contributed by atoms with van der Waals surface area (Å²) >= 11 is 0. The Morgan fingerprint density at radius 2 is 1.82 bits per heavy atom. The lowest BCUT2D eigenvalue weighted by molar-refractivity contribution is 0.0276. The largest absolute Gasteiger partial charge is 0.378 e. The van der Waals surface area contributed by atoms with Crippen molar-refractivity contribution in [1.29, 1.82) is 0 Å². The van der Waals surface area contributed by atoms with E-state index in [9.17, 15) is 0 Å². The number of guanidine groups is 1. The van der Waals surface area contributed by atoms with E-state index in [-0.39, 0.29) is 24.0 Å². The first-order valence-electron chi connectivity index (χ1n) is 8.87. The minimum absolute atomic E-state index is 0. The first-order valence-corrected chi connectivity index (χ1v) is 8.87. The van der Waals surface area contributed by atoms with Gasteiger partial charge >= 0.3 is 0 Å². The molecule has 1 saturated carbocycles. The first kappa shape index (κ1) is 20.0. The van der Waals surface area contributed by atoms with Crippen LogP contribution in [0.5, 0.6) is 0 Å². The van der Waals surface area contributed by atoms with E-state index < -0.39 is 0 Å². The van der Waals surface area contributed by atoms with Crippen molar-refractivity contribution in [2.24, 2.45) is 10.9 Å². The maximum atomic E-state index is 5.96. The second kappa shape index (κ2) is 11.5. The molecule has 0 atom stereocenters. The van der Waals surface area contributed by atoms with E-state index in [2.05, 4.69) is 22.1 Å². The van der Waals surface area contributed by atoms with Crippen LogP contribution in [0, 0.1) is 5.92 Å². The second-order valence-corrected chi connectivity index (χ2v) is 6.63. The quantitative estimate of drug-likeness (QED) is 0.318. The number of halogens is 1. The molecule has 0 aromatic rings. The van der Waals surface area contributed by atoms with Crippen LogP contribution in [0.15, 0.2) is 4.99 Å². The average molecular weight is 423 g/mol. The molecule has 0 amide bonds. The molecule has 0 unspecified atom stereocenters. The standard InChI is InChI=1S/C17H33N3O.HI/c1-15-9-12-20(13-10-15)17(18-2)19-11-6-14-21-16-7-4-3-5-8-16;/h15-16H,3-14H2,1-2H3,(H,18,19);1H. The summed E-state index contributed by atoms with van der Waals surface area (Å²) in [6.07, 6.45) is 10.8. The Balaban J connectivity index is 0.00000242. The van der Waals surface area contributed by atoms with Gasteiger partial charge in [0.1, 0.15) is 0 Å². The fourth-order valence-electron chi connectivity index (χ4n) is 3.31. The van der Waals surface area contributed by atoms with Gasteiger partial charge in [0.25, 0.3) is 0 Å². The summed E-state index contributed by atoms with van der Waals surface area (Å²) in [5.41, 5.74) is 0. The lowest BCUT2D eigenvalue weighted by Gasteiger charge is -2.33. The van der Waals surface area contributed by atoms with Crippen molar-refractivity contribution < 1.29 is 4.74 Å². The third-order valence-electron chi connectivity index (χ3n) is 4.80. The topological polar surface area (TPSA) is 36.9 Å². The maximum absolute atomic E-state index is 5.96. The molecule has 1 heterocycles. The molecular formula is C17H34IN3O. The SMILES string of the molecule is CN=C(NCCCOC1CCCCC1)N1CCC(C)CC1.I. The van der Waals surface area contributed by atoms with Gasteiger partial charge in [-0.15, -0.1) is 24.0 Å². The van der Waals surface area contributed by atoms with Gasteiger partial charge in [-0.3, -0.25) is 4.99 Å². The first-order chi connectivity index (χ1) is 10.3. The molecule has 0 aromatic carbocycles. The van der Waals surface area contributed by atoms with Gasteiger partial charge in [-0.2, -0.15) is 0 Å². The third kappa shape index (κ3) is 7.02. The Morgan fingerprint density at radius 1 is 1.14 bits per heavy atom. The zero-order valence-electron chi connectivity index (χ0n) is 14.4. The van der Waals surface area contributed by atoms with Gasteiger partial charge in [-0.05, 0) is 38.0 Å². The van der Waals surface area contributed by atoms with Crippen LogP contribution >= 0.6 is 24.0 Å². The summed E-state index contributed by atoms with van der Waals surface area (Å²) in [5.74, 6) is 1.93. The Morgan fingerprint density at radius 3 is 2.45 bits per heavy atom. The normalized spacial score (nSPS) is 21.5. The Hall–Kier alpha value is -0.0400. The number of nitrogens with one attached hydrogen (secondary N) is 1. The molecule has 1 saturated heterocycles. The minimum atomic E-state index is 0. The molecule has 2 rings (SSSR count). The number of piperidine rings is 1. The van der Waals surface area contributed by atoms with Gasteiger partial charge in [-0.25, -0.2) is 0 Å². The van der Waals surface area contributed by atoms with Gasteiger partial charge in [0.05, 0.1) is 6.10 Å². The van der Waals surface area contributed by atoms with E-state index >= 15 is 0 Å². The van der Waals surface area contributed by atoms with Crippen LogP contribution in [-0.2, 0) is 4.74 Å². The molecule has 1 aliphatic heterocycles. The van der Waals surface area contributed by atoms with E-state index in [4.69, 9.17) is 4.74 Å². The molecule has 0 radical (unpaired) electrons. The maximum Gasteiger partial charge on any atom is 0.193 e. The molecule has 22 heavy (non-hydrogen) atoms. The summed E-state index contributed by atoms with van der Waals surface area (Å²) in [4.78, 5) is 6.81. The predicted octanol–water partition coefficient (Wildman–Crippen LogP) is 3.65. The summed E-state index contributed by atoms with van der Waals surface area (Å²) < 4.78 is 5.96. The van der Waals surface area contributed by atoms with E-state index in [0.29, 0.717) is 6.10 Å². The zero-order valence-corrected chi connectivity index (χ0v) is 16.7. The zero-order chi connectivity index (χ0) is 14.9. The van der Waals surface area contributed by atoms with E-state index in [1.165, 1.54) is 44.9 Å². The van der Waals surface area contributed by atoms with Crippen molar-refractivity contribution in [2.45, 2.75) is 64.4 Å². The molecule has 2 aliphatic rings. The molecule has 130 valence electrons. The van der Waals surface area contributed by atoms with Crippen molar-refractivity contribution in [3.63, 3.8) is 0 Å². The fraction of sp³-hybridized carbons (Fsp3) is 0.941. The highest BCUT2D eigenvalue weighted by Gasteiger charge is 2.18. The van der Waals surface area contributed by atoms with Gasteiger partial charge < -0.3 is 15.0 Å². The molecular weight excluding hydrogens is 389 g/mol. The molecule has 0 bridgehead atoms. The van der Waals surface area contributed by atoms with E-state index in [1.807, 2.05) is 7.05 Å². The lowest BCUT2D eigenvalue weighted by Crippen LogP contribution is -2.45. The highest BCUT2D eigenvalue weighted by molar-refractivity contribution is 14.0. The van der Waals surface area contributed by atoms with Gasteiger partial charge in [-0.1, -0.05) is 26.2 Å². The van der Waals surface area contributed by atoms with Gasteiger partial charge in [0.2, 0.25) is 0 Å². The number of aliphatic imine (C=N–C) groups is 1. The molecule has 0 spiro atoms. The molecule has 0 aromatic heterocycles. The smallest absolute Gasteiger partial charge is 0.193 e. The summed E-state index contributed by atoms with van der Waals surface area (Å²) in [5, 5.41) is 3.49. The van der Waals surface area contributed by atoms with Crippen LogP contribution in [0.2, 0.25) is 0 Å². The average Bonchev–Trinajstić information content (AvgIpc) is 2.53. The van der Waals surface area contributed by atoms with Gasteiger partial charge in [0, 0.05) is 33.3 Å². The molecule has 4 nitrogen and oxygen atoms in total. The van der Waals surface area contributed by atoms with Crippen LogP contribution in [0.4, 0.5) is 0 Å². The monoisotopic (exact) mass is 423 g/mol. The van der Waals surface area contributed by atoms with Crippen molar-refractivity contribution in [2.75, 3.05) is 33.3 Å². The van der Waals surface area contributed by atoms with Crippen molar-refractivity contribution >= 4 is 29.9 Å². The van der Waals surface area contributed by atoms with Gasteiger partial charge in [0.15, 0.2) is 5.96 Å². The van der Waals surface area contributed by atoms with E-state index in [1.54, 1.807) is 0 Å². The molecule has 1 aliphatic carbocycles. The molecule has 2 fully saturated rings. The number of rotatable bonds is 5. The number of likely N-dealkylation sites (tertiary alicyclic amines) is 1. The minimum Gasteiger partial charge on any atom is -0.378 e. The highest BCUT2D eigenvalue weighted by Crippen LogP contribution is 2.20. The predicted molar refractivity (Wildman–Crippen MR) is 104 cm³/mol. The molecule has 5 heteroatoms. The summed E-state index contributed by atoms with van der Waals surface area (Å²) in [6, 6.07) is 0. The van der Waals surface area contributed by atoms with E-state index in [0.717, 1.165) is 44.5 Å². The van der Waals surface area contributed by atoms with Crippen LogP contribution in [0.25, 0.3) is 0 Å². The second-order valence-electron chi connectivity index (χ2n) is 6.63. The van der Waals surface area contributed by atoms with Crippen LogP contribution < -0.4 is 5.32 Å². The van der Waals surface area contributed by atoms with Crippen LogP contribution in [0.1, 0.15) is 58.3 Å². The van der Waals surface area contributed by atoms with Crippen molar-refractivity contribution in [3.8, 4) is 0 Å². The van der Waals surface area contributed by atoms with Crippen molar-refractivity contribution in [3.05, 3.63) is 0 Å². The Bertz CT molecular complexity index is 311. The van der Waals surface area contributed by atoms with Crippen LogP contribution in [0.3, 0.4) is 0 Å². The Kier molecular flexibility index (Phi) is 10.4. The summed E-state index contributed by atoms with van der Waals surface area (Å²) in [7, 11) is 1.89. The Labute approximate surface area is 153 Å². The molecule has 1 N–H and O–H groups in total. The third-order valence-corrected chi connectivity index (χ3v) is 4.80. The number of hydrogen-bond donors (Lipinski definition) is 1. The number of hydrogen-bond acceptors (Lipinski definition) is 2. The van der Waals surface area contributed by atoms with Crippen LogP contribution in [-0.4, -0.2) is 50.3 Å². The highest BCUT2D eigenvalue weighted by atomic mass is 127. The fourth-order valence-corrected chi connectivity index (χ4v) is 3.31.